The number of hydrogen-bond donors (Lipinski definition) is 0. The molecule has 0 amide bonds. The molecule has 0 saturated heterocycles. The Kier molecular flexibility index (Phi) is 10.2. The lowest BCUT2D eigenvalue weighted by atomic mass is 10.2. The number of rotatable bonds is 12. The summed E-state index contributed by atoms with van der Waals surface area (Å²) in [4.78, 5) is 22.8. The Morgan fingerprint density at radius 2 is 1.47 bits per heavy atom. The summed E-state index contributed by atoms with van der Waals surface area (Å²) in [6, 6.07) is 14.1. The molecule has 0 atom stereocenters. The lowest BCUT2D eigenvalue weighted by Crippen LogP contribution is -2.03. The molecule has 0 bridgehead atoms. The molecule has 0 saturated carbocycles. The van der Waals surface area contributed by atoms with E-state index in [1.807, 2.05) is 24.3 Å². The fourth-order valence-electron chi connectivity index (χ4n) is 2.47. The lowest BCUT2D eigenvalue weighted by Gasteiger charge is -2.06. The summed E-state index contributed by atoms with van der Waals surface area (Å²) < 4.78 is 15.8. The zero-order chi connectivity index (χ0) is 21.6. The maximum absolute atomic E-state index is 11.9. The normalized spacial score (nSPS) is 10.6. The molecular weight excluding hydrogens is 404 g/mol. The molecule has 5 nitrogen and oxygen atoms in total. The van der Waals surface area contributed by atoms with Gasteiger partial charge in [-0.1, -0.05) is 30.3 Å². The van der Waals surface area contributed by atoms with E-state index in [0.717, 1.165) is 37.0 Å². The molecule has 158 valence electrons. The van der Waals surface area contributed by atoms with Gasteiger partial charge in [-0.15, -0.1) is 0 Å². The number of unbranched alkanes of at least 4 members (excludes halogenated alkanes) is 3. The van der Waals surface area contributed by atoms with E-state index in [4.69, 9.17) is 25.8 Å². The third-order valence-electron chi connectivity index (χ3n) is 4.04. The minimum absolute atomic E-state index is 0.380. The van der Waals surface area contributed by atoms with Crippen LogP contribution in [0.2, 0.25) is 5.02 Å². The third-order valence-corrected chi connectivity index (χ3v) is 4.29. The molecule has 0 N–H and O–H groups in total. The summed E-state index contributed by atoms with van der Waals surface area (Å²) in [5, 5.41) is 0.583. The molecule has 0 aliphatic heterocycles. The highest BCUT2D eigenvalue weighted by Crippen LogP contribution is 2.17. The van der Waals surface area contributed by atoms with E-state index in [1.54, 1.807) is 30.3 Å². The Morgan fingerprint density at radius 1 is 0.833 bits per heavy atom. The van der Waals surface area contributed by atoms with Gasteiger partial charge in [-0.2, -0.15) is 0 Å². The van der Waals surface area contributed by atoms with Gasteiger partial charge >= 0.3 is 11.9 Å². The van der Waals surface area contributed by atoms with Gasteiger partial charge in [0.2, 0.25) is 0 Å². The number of halogens is 1. The molecule has 0 aliphatic rings. The number of esters is 2. The Morgan fingerprint density at radius 3 is 2.13 bits per heavy atom. The molecule has 2 aromatic rings. The van der Waals surface area contributed by atoms with E-state index in [9.17, 15) is 9.59 Å². The molecular formula is C24H25ClO5. The Bertz CT molecular complexity index is 841. The van der Waals surface area contributed by atoms with Gasteiger partial charge in [0, 0.05) is 17.2 Å². The van der Waals surface area contributed by atoms with Crippen molar-refractivity contribution in [3.05, 3.63) is 77.8 Å². The topological polar surface area (TPSA) is 61.8 Å². The van der Waals surface area contributed by atoms with Crippen LogP contribution in [0.5, 0.6) is 11.5 Å². The summed E-state index contributed by atoms with van der Waals surface area (Å²) in [6.45, 7) is 4.40. The van der Waals surface area contributed by atoms with E-state index < -0.39 is 5.97 Å². The largest absolute Gasteiger partial charge is 0.494 e. The van der Waals surface area contributed by atoms with Crippen molar-refractivity contribution in [1.29, 1.82) is 0 Å². The van der Waals surface area contributed by atoms with Gasteiger partial charge in [0.25, 0.3) is 0 Å². The van der Waals surface area contributed by atoms with Crippen molar-refractivity contribution in [2.45, 2.75) is 25.7 Å². The van der Waals surface area contributed by atoms with Crippen LogP contribution in [0.4, 0.5) is 0 Å². The Hall–Kier alpha value is -3.05. The van der Waals surface area contributed by atoms with Gasteiger partial charge in [0.1, 0.15) is 11.5 Å². The molecule has 0 aliphatic carbocycles. The Labute approximate surface area is 181 Å². The number of carbonyl (C=O) groups is 2. The van der Waals surface area contributed by atoms with Crippen molar-refractivity contribution in [1.82, 2.24) is 0 Å². The first kappa shape index (κ1) is 23.2. The SMILES string of the molecule is C=CC(=O)OCCCCCCOc1ccc(C=CC(=O)Oc2ccc(Cl)cc2)cc1. The van der Waals surface area contributed by atoms with Crippen molar-refractivity contribution >= 4 is 29.6 Å². The molecule has 0 aromatic heterocycles. The quantitative estimate of drug-likeness (QED) is 0.190. The fraction of sp³-hybridized carbons (Fsp3) is 0.250. The second-order valence-corrected chi connectivity index (χ2v) is 6.85. The summed E-state index contributed by atoms with van der Waals surface area (Å²) in [5.74, 6) is 0.373. The summed E-state index contributed by atoms with van der Waals surface area (Å²) in [7, 11) is 0. The van der Waals surface area contributed by atoms with Crippen molar-refractivity contribution < 1.29 is 23.8 Å². The Balaban J connectivity index is 1.62. The van der Waals surface area contributed by atoms with Crippen molar-refractivity contribution in [2.24, 2.45) is 0 Å². The van der Waals surface area contributed by atoms with Gasteiger partial charge < -0.3 is 14.2 Å². The second-order valence-electron chi connectivity index (χ2n) is 6.41. The highest BCUT2D eigenvalue weighted by molar-refractivity contribution is 6.30. The van der Waals surface area contributed by atoms with Gasteiger partial charge in [0.05, 0.1) is 13.2 Å². The first-order valence-corrected chi connectivity index (χ1v) is 10.1. The standard InChI is InChI=1S/C24H25ClO5/c1-2-23(26)29-18-6-4-3-5-17-28-21-12-7-19(8-13-21)9-16-24(27)30-22-14-10-20(25)11-15-22/h2,7-16H,1,3-6,17-18H2. The van der Waals surface area contributed by atoms with Crippen LogP contribution >= 0.6 is 11.6 Å². The van der Waals surface area contributed by atoms with Crippen LogP contribution in [0.25, 0.3) is 6.08 Å². The van der Waals surface area contributed by atoms with Crippen LogP contribution in [-0.4, -0.2) is 25.2 Å². The van der Waals surface area contributed by atoms with Crippen LogP contribution < -0.4 is 9.47 Å². The van der Waals surface area contributed by atoms with E-state index in [-0.39, 0.29) is 5.97 Å². The molecule has 30 heavy (non-hydrogen) atoms. The predicted octanol–water partition coefficient (Wildman–Crippen LogP) is 5.63. The zero-order valence-corrected chi connectivity index (χ0v) is 17.5. The number of carbonyl (C=O) groups excluding carboxylic acids is 2. The summed E-state index contributed by atoms with van der Waals surface area (Å²) in [6.07, 6.45) is 7.96. The second kappa shape index (κ2) is 13.2. The predicted molar refractivity (Wildman–Crippen MR) is 118 cm³/mol. The van der Waals surface area contributed by atoms with Crippen molar-refractivity contribution in [2.75, 3.05) is 13.2 Å². The summed E-state index contributed by atoms with van der Waals surface area (Å²) in [5.41, 5.74) is 0.865. The van der Waals surface area contributed by atoms with Crippen LogP contribution in [0.1, 0.15) is 31.2 Å². The molecule has 0 fully saturated rings. The van der Waals surface area contributed by atoms with Crippen LogP contribution in [0, 0.1) is 0 Å². The highest BCUT2D eigenvalue weighted by atomic mass is 35.5. The maximum atomic E-state index is 11.9. The van der Waals surface area contributed by atoms with Gasteiger partial charge in [-0.05, 0) is 73.7 Å². The minimum Gasteiger partial charge on any atom is -0.494 e. The van der Waals surface area contributed by atoms with E-state index in [2.05, 4.69) is 6.58 Å². The van der Waals surface area contributed by atoms with E-state index in [1.165, 1.54) is 12.2 Å². The van der Waals surface area contributed by atoms with Gasteiger partial charge in [-0.25, -0.2) is 9.59 Å². The van der Waals surface area contributed by atoms with E-state index in [0.29, 0.717) is 24.0 Å². The smallest absolute Gasteiger partial charge is 0.336 e. The number of benzene rings is 2. The fourth-order valence-corrected chi connectivity index (χ4v) is 2.60. The van der Waals surface area contributed by atoms with Gasteiger partial charge in [0.15, 0.2) is 0 Å². The summed E-state index contributed by atoms with van der Waals surface area (Å²) >= 11 is 5.80. The molecule has 2 aromatic carbocycles. The van der Waals surface area contributed by atoms with E-state index >= 15 is 0 Å². The first-order chi connectivity index (χ1) is 14.6. The number of ether oxygens (including phenoxy) is 3. The van der Waals surface area contributed by atoms with Crippen LogP contribution in [0.15, 0.2) is 67.3 Å². The molecule has 0 unspecified atom stereocenters. The first-order valence-electron chi connectivity index (χ1n) is 9.74. The molecule has 2 rings (SSSR count). The maximum Gasteiger partial charge on any atom is 0.336 e. The molecule has 0 spiro atoms. The molecule has 0 radical (unpaired) electrons. The van der Waals surface area contributed by atoms with Crippen LogP contribution in [-0.2, 0) is 14.3 Å². The number of hydrogen-bond acceptors (Lipinski definition) is 5. The minimum atomic E-state index is -0.461. The monoisotopic (exact) mass is 428 g/mol. The van der Waals surface area contributed by atoms with Crippen molar-refractivity contribution in [3.8, 4) is 11.5 Å². The molecule has 6 heteroatoms. The third kappa shape index (κ3) is 9.43. The van der Waals surface area contributed by atoms with Crippen molar-refractivity contribution in [3.63, 3.8) is 0 Å². The highest BCUT2D eigenvalue weighted by Gasteiger charge is 2.01. The van der Waals surface area contributed by atoms with Crippen LogP contribution in [0.3, 0.4) is 0 Å². The van der Waals surface area contributed by atoms with Gasteiger partial charge in [-0.3, -0.25) is 0 Å². The molecule has 0 heterocycles. The lowest BCUT2D eigenvalue weighted by molar-refractivity contribution is -0.137. The average molecular weight is 429 g/mol. The average Bonchev–Trinajstić information content (AvgIpc) is 2.76. The zero-order valence-electron chi connectivity index (χ0n) is 16.7.